The van der Waals surface area contributed by atoms with Crippen molar-refractivity contribution in [2.75, 3.05) is 5.32 Å². The molecule has 2 bridgehead atoms. The number of nitrogens with zero attached hydrogens (tertiary/aromatic N) is 8. The Morgan fingerprint density at radius 3 is 2.59 bits per heavy atom. The van der Waals surface area contributed by atoms with Crippen molar-refractivity contribution in [1.29, 1.82) is 0 Å². The van der Waals surface area contributed by atoms with Crippen LogP contribution in [0.4, 0.5) is 27.6 Å². The summed E-state index contributed by atoms with van der Waals surface area (Å²) in [7, 11) is 0. The minimum Gasteiger partial charge on any atom is -0.323 e. The van der Waals surface area contributed by atoms with E-state index in [9.17, 15) is 31.5 Å². The van der Waals surface area contributed by atoms with Crippen LogP contribution in [-0.4, -0.2) is 45.2 Å². The van der Waals surface area contributed by atoms with Crippen LogP contribution in [0.1, 0.15) is 50.2 Å². The Labute approximate surface area is 261 Å². The van der Waals surface area contributed by atoms with Crippen LogP contribution in [0.25, 0.3) is 28.2 Å². The maximum Gasteiger partial charge on any atom is 0.436 e. The average Bonchev–Trinajstić information content (AvgIpc) is 3.68. The summed E-state index contributed by atoms with van der Waals surface area (Å²) in [6, 6.07) is 7.93. The van der Waals surface area contributed by atoms with Gasteiger partial charge < -0.3 is 5.32 Å². The van der Waals surface area contributed by atoms with E-state index in [4.69, 9.17) is 11.6 Å². The SMILES string of the molecule is C[C@@H]1CCC[C@H](n2cnc(-c3ccc(Cl)cc3-n3cc(C(F)(F)F)nn3)cc2=O)c2cc(ccn2)-c2c(cnn2C(F)F)NC1=O. The van der Waals surface area contributed by atoms with Crippen molar-refractivity contribution in [3.63, 3.8) is 0 Å². The molecule has 1 aliphatic heterocycles. The second-order valence-electron chi connectivity index (χ2n) is 10.7. The Kier molecular flexibility index (Phi) is 8.14. The van der Waals surface area contributed by atoms with Crippen molar-refractivity contribution in [2.24, 2.45) is 5.92 Å². The van der Waals surface area contributed by atoms with E-state index in [0.717, 1.165) is 10.9 Å². The number of hydrogen-bond donors (Lipinski definition) is 1. The maximum absolute atomic E-state index is 13.9. The van der Waals surface area contributed by atoms with Crippen molar-refractivity contribution >= 4 is 23.2 Å². The lowest BCUT2D eigenvalue weighted by Crippen LogP contribution is -2.27. The Morgan fingerprint density at radius 2 is 1.87 bits per heavy atom. The molecule has 0 radical (unpaired) electrons. The Balaban J connectivity index is 1.43. The second kappa shape index (κ2) is 12.1. The van der Waals surface area contributed by atoms with Gasteiger partial charge in [-0.3, -0.25) is 19.1 Å². The molecule has 1 aromatic carbocycles. The molecule has 0 spiro atoms. The van der Waals surface area contributed by atoms with Gasteiger partial charge in [-0.1, -0.05) is 30.2 Å². The molecule has 4 aromatic heterocycles. The number of fused-ring (bicyclic) bond motifs is 4. The molecular weight excluding hydrogens is 637 g/mol. The molecule has 1 aliphatic rings. The topological polar surface area (TPSA) is 125 Å². The van der Waals surface area contributed by atoms with Crippen LogP contribution < -0.4 is 10.9 Å². The zero-order valence-electron chi connectivity index (χ0n) is 23.8. The molecule has 5 aromatic rings. The van der Waals surface area contributed by atoms with Gasteiger partial charge in [-0.2, -0.15) is 27.1 Å². The number of halogens is 6. The third-order valence-corrected chi connectivity index (χ3v) is 7.87. The van der Waals surface area contributed by atoms with Crippen LogP contribution in [0, 0.1) is 5.92 Å². The van der Waals surface area contributed by atoms with Gasteiger partial charge in [0.05, 0.1) is 53.2 Å². The minimum atomic E-state index is -4.73. The first-order chi connectivity index (χ1) is 21.9. The highest BCUT2D eigenvalue weighted by Crippen LogP contribution is 2.35. The Bertz CT molecular complexity index is 1990. The van der Waals surface area contributed by atoms with Crippen molar-refractivity contribution in [2.45, 2.75) is 45.0 Å². The Morgan fingerprint density at radius 1 is 1.07 bits per heavy atom. The zero-order valence-corrected chi connectivity index (χ0v) is 24.5. The molecule has 0 unspecified atom stereocenters. The summed E-state index contributed by atoms with van der Waals surface area (Å²) in [6.07, 6.45) is 1.11. The van der Waals surface area contributed by atoms with Crippen LogP contribution in [-0.2, 0) is 11.0 Å². The third-order valence-electron chi connectivity index (χ3n) is 7.63. The summed E-state index contributed by atoms with van der Waals surface area (Å²) >= 11 is 6.14. The number of benzene rings is 1. The Hall–Kier alpha value is -4.99. The minimum absolute atomic E-state index is 0.0172. The van der Waals surface area contributed by atoms with Gasteiger partial charge in [0.2, 0.25) is 5.91 Å². The van der Waals surface area contributed by atoms with Gasteiger partial charge in [0, 0.05) is 34.3 Å². The van der Waals surface area contributed by atoms with Crippen LogP contribution in [0.15, 0.2) is 66.1 Å². The predicted molar refractivity (Wildman–Crippen MR) is 155 cm³/mol. The normalized spacial score (nSPS) is 17.3. The molecule has 1 amide bonds. The van der Waals surface area contributed by atoms with Gasteiger partial charge >= 0.3 is 12.7 Å². The largest absolute Gasteiger partial charge is 0.436 e. The third kappa shape index (κ3) is 5.99. The predicted octanol–water partition coefficient (Wildman–Crippen LogP) is 6.16. The fraction of sp³-hybridized carbons (Fsp3) is 0.276. The van der Waals surface area contributed by atoms with E-state index in [1.165, 1.54) is 47.4 Å². The molecule has 238 valence electrons. The fourth-order valence-corrected chi connectivity index (χ4v) is 5.48. The van der Waals surface area contributed by atoms with Gasteiger partial charge in [0.25, 0.3) is 5.56 Å². The first-order valence-corrected chi connectivity index (χ1v) is 14.3. The van der Waals surface area contributed by atoms with Crippen molar-refractivity contribution in [1.82, 2.24) is 39.3 Å². The average molecular weight is 660 g/mol. The highest BCUT2D eigenvalue weighted by Gasteiger charge is 2.35. The number of hydrogen-bond acceptors (Lipinski definition) is 7. The van der Waals surface area contributed by atoms with E-state index >= 15 is 0 Å². The van der Waals surface area contributed by atoms with E-state index in [0.29, 0.717) is 41.4 Å². The van der Waals surface area contributed by atoms with Crippen LogP contribution >= 0.6 is 11.6 Å². The smallest absolute Gasteiger partial charge is 0.323 e. The van der Waals surface area contributed by atoms with Gasteiger partial charge in [-0.25, -0.2) is 14.3 Å². The number of carbonyl (C=O) groups is 1. The van der Waals surface area contributed by atoms with Crippen molar-refractivity contribution in [3.8, 4) is 28.2 Å². The first kappa shape index (κ1) is 31.0. The van der Waals surface area contributed by atoms with Gasteiger partial charge in [0.1, 0.15) is 0 Å². The van der Waals surface area contributed by atoms with E-state index in [1.54, 1.807) is 13.0 Å². The summed E-state index contributed by atoms with van der Waals surface area (Å²) in [6.45, 7) is -1.28. The van der Waals surface area contributed by atoms with Gasteiger partial charge in [-0.05, 0) is 43.2 Å². The second-order valence-corrected chi connectivity index (χ2v) is 11.1. The van der Waals surface area contributed by atoms with E-state index < -0.39 is 35.9 Å². The fourth-order valence-electron chi connectivity index (χ4n) is 5.32. The van der Waals surface area contributed by atoms with Gasteiger partial charge in [-0.15, -0.1) is 5.10 Å². The molecule has 0 saturated heterocycles. The monoisotopic (exact) mass is 659 g/mol. The summed E-state index contributed by atoms with van der Waals surface area (Å²) in [5, 5.41) is 13.5. The zero-order chi connectivity index (χ0) is 32.7. The number of amides is 1. The number of anilines is 1. The standard InChI is InChI=1S/C29H23ClF5N9O2/c1-15-3-2-4-22(20-9-16(7-8-36-20)26-21(39-27(15)46)12-38-44(26)28(31)32)42-14-37-19(11-25(42)45)18-6-5-17(30)10-23(18)43-13-24(40-41-43)29(33,34)35/h5-15,22,28H,2-4H2,1H3,(H,39,46)/t15-,22+/m1/s1. The molecule has 2 atom stereocenters. The number of alkyl halides is 5. The van der Waals surface area contributed by atoms with E-state index in [2.05, 4.69) is 30.7 Å². The molecule has 0 fully saturated rings. The molecular formula is C29H23ClF5N9O2. The summed E-state index contributed by atoms with van der Waals surface area (Å²) in [5.74, 6) is -0.845. The summed E-state index contributed by atoms with van der Waals surface area (Å²) in [4.78, 5) is 35.4. The molecule has 0 saturated carbocycles. The number of rotatable bonds is 4. The van der Waals surface area contributed by atoms with E-state index in [1.807, 2.05) is 0 Å². The number of nitrogens with one attached hydrogen (secondary N) is 1. The van der Waals surface area contributed by atoms with Crippen LogP contribution in [0.3, 0.4) is 0 Å². The van der Waals surface area contributed by atoms with Crippen molar-refractivity contribution in [3.05, 3.63) is 88.1 Å². The molecule has 46 heavy (non-hydrogen) atoms. The highest BCUT2D eigenvalue weighted by molar-refractivity contribution is 6.30. The summed E-state index contributed by atoms with van der Waals surface area (Å²) < 4.78 is 70.2. The maximum atomic E-state index is 13.9. The molecule has 0 aliphatic carbocycles. The molecule has 17 heteroatoms. The molecule has 5 heterocycles. The van der Waals surface area contributed by atoms with E-state index in [-0.39, 0.29) is 39.3 Å². The summed E-state index contributed by atoms with van der Waals surface area (Å²) in [5.41, 5.74) is -0.453. The van der Waals surface area contributed by atoms with Gasteiger partial charge in [0.15, 0.2) is 5.69 Å². The quantitative estimate of drug-likeness (QED) is 0.229. The van der Waals surface area contributed by atoms with Crippen LogP contribution in [0.2, 0.25) is 5.02 Å². The molecule has 1 N–H and O–H groups in total. The van der Waals surface area contributed by atoms with Crippen LogP contribution in [0.5, 0.6) is 0 Å². The first-order valence-electron chi connectivity index (χ1n) is 13.9. The number of carbonyl (C=O) groups excluding carboxylic acids is 1. The molecule has 11 nitrogen and oxygen atoms in total. The number of pyridine rings is 1. The van der Waals surface area contributed by atoms with Crippen molar-refractivity contribution < 1.29 is 26.7 Å². The lowest BCUT2D eigenvalue weighted by atomic mass is 9.97. The lowest BCUT2D eigenvalue weighted by Gasteiger charge is -2.22. The molecule has 6 rings (SSSR count). The highest BCUT2D eigenvalue weighted by atomic mass is 35.5. The number of aromatic nitrogens is 8. The lowest BCUT2D eigenvalue weighted by molar-refractivity contribution is -0.141.